The van der Waals surface area contributed by atoms with E-state index >= 15 is 0 Å². The van der Waals surface area contributed by atoms with Crippen LogP contribution in [-0.2, 0) is 9.59 Å². The number of halogens is 2. The van der Waals surface area contributed by atoms with Gasteiger partial charge in [0.2, 0.25) is 5.76 Å². The quantitative estimate of drug-likeness (QED) is 0.657. The van der Waals surface area contributed by atoms with Gasteiger partial charge in [-0.1, -0.05) is 0 Å². The number of carbonyl (C=O) groups is 2. The highest BCUT2D eigenvalue weighted by Gasteiger charge is 2.14. The SMILES string of the molecule is O=C(O)C=C(Oc1ccc(F)cc1Br)C(=O)O. The highest BCUT2D eigenvalue weighted by Crippen LogP contribution is 2.27. The molecule has 0 aliphatic heterocycles. The molecular formula is C10H6BrFO5. The number of benzene rings is 1. The van der Waals surface area contributed by atoms with Gasteiger partial charge in [0, 0.05) is 0 Å². The number of rotatable bonds is 4. The Hall–Kier alpha value is -1.89. The molecule has 1 aromatic rings. The maximum absolute atomic E-state index is 12.7. The summed E-state index contributed by atoms with van der Waals surface area (Å²) in [6.45, 7) is 0. The van der Waals surface area contributed by atoms with Crippen molar-refractivity contribution in [2.75, 3.05) is 0 Å². The highest BCUT2D eigenvalue weighted by molar-refractivity contribution is 9.10. The zero-order valence-corrected chi connectivity index (χ0v) is 9.77. The van der Waals surface area contributed by atoms with Crippen LogP contribution in [0.5, 0.6) is 5.75 Å². The molecule has 7 heteroatoms. The molecule has 0 aliphatic carbocycles. The molecule has 0 fully saturated rings. The molecule has 0 spiro atoms. The van der Waals surface area contributed by atoms with Crippen molar-refractivity contribution < 1.29 is 28.9 Å². The summed E-state index contributed by atoms with van der Waals surface area (Å²) < 4.78 is 17.8. The van der Waals surface area contributed by atoms with Crippen molar-refractivity contribution in [3.8, 4) is 5.75 Å². The Kier molecular flexibility index (Phi) is 4.22. The number of carboxylic acid groups (broad SMARTS) is 2. The first kappa shape index (κ1) is 13.2. The van der Waals surface area contributed by atoms with Gasteiger partial charge in [-0.25, -0.2) is 14.0 Å². The van der Waals surface area contributed by atoms with Crippen LogP contribution in [0.25, 0.3) is 0 Å². The van der Waals surface area contributed by atoms with Crippen molar-refractivity contribution in [2.45, 2.75) is 0 Å². The van der Waals surface area contributed by atoms with E-state index in [0.717, 1.165) is 12.1 Å². The lowest BCUT2D eigenvalue weighted by Crippen LogP contribution is -2.10. The van der Waals surface area contributed by atoms with Crippen LogP contribution in [0.1, 0.15) is 0 Å². The van der Waals surface area contributed by atoms with E-state index in [1.165, 1.54) is 6.07 Å². The van der Waals surface area contributed by atoms with Crippen LogP contribution < -0.4 is 4.74 Å². The normalized spacial score (nSPS) is 11.1. The summed E-state index contributed by atoms with van der Waals surface area (Å²) in [4.78, 5) is 21.0. The second-order valence-electron chi connectivity index (χ2n) is 2.83. The maximum atomic E-state index is 12.7. The van der Waals surface area contributed by atoms with Gasteiger partial charge in [-0.15, -0.1) is 0 Å². The molecule has 5 nitrogen and oxygen atoms in total. The van der Waals surface area contributed by atoms with Crippen molar-refractivity contribution in [3.63, 3.8) is 0 Å². The summed E-state index contributed by atoms with van der Waals surface area (Å²) in [6.07, 6.45) is 0.401. The minimum Gasteiger partial charge on any atom is -0.478 e. The van der Waals surface area contributed by atoms with E-state index in [-0.39, 0.29) is 10.2 Å². The van der Waals surface area contributed by atoms with E-state index < -0.39 is 23.5 Å². The van der Waals surface area contributed by atoms with Gasteiger partial charge in [0.1, 0.15) is 11.6 Å². The zero-order valence-electron chi connectivity index (χ0n) is 8.18. The molecule has 0 saturated carbocycles. The summed E-state index contributed by atoms with van der Waals surface area (Å²) in [5.74, 6) is -4.31. The Bertz CT molecular complexity index is 497. The fourth-order valence-electron chi connectivity index (χ4n) is 0.923. The molecule has 0 bridgehead atoms. The Balaban J connectivity index is 3.02. The largest absolute Gasteiger partial charge is 0.478 e. The minimum atomic E-state index is -1.54. The summed E-state index contributed by atoms with van der Waals surface area (Å²) in [6, 6.07) is 3.30. The Morgan fingerprint density at radius 1 is 1.35 bits per heavy atom. The molecular weight excluding hydrogens is 299 g/mol. The van der Waals surface area contributed by atoms with E-state index in [1.807, 2.05) is 0 Å². The van der Waals surface area contributed by atoms with Crippen LogP contribution in [0.15, 0.2) is 34.5 Å². The molecule has 0 atom stereocenters. The van der Waals surface area contributed by atoms with Gasteiger partial charge in [-0.2, -0.15) is 0 Å². The van der Waals surface area contributed by atoms with Crippen molar-refractivity contribution >= 4 is 27.9 Å². The fourth-order valence-corrected chi connectivity index (χ4v) is 1.36. The lowest BCUT2D eigenvalue weighted by atomic mass is 10.3. The monoisotopic (exact) mass is 304 g/mol. The van der Waals surface area contributed by atoms with Gasteiger partial charge < -0.3 is 14.9 Å². The van der Waals surface area contributed by atoms with Gasteiger partial charge in [-0.05, 0) is 34.1 Å². The molecule has 1 aromatic carbocycles. The van der Waals surface area contributed by atoms with E-state index in [1.54, 1.807) is 0 Å². The van der Waals surface area contributed by atoms with Crippen LogP contribution in [0.3, 0.4) is 0 Å². The topological polar surface area (TPSA) is 83.8 Å². The van der Waals surface area contributed by atoms with Gasteiger partial charge in [0.25, 0.3) is 0 Å². The molecule has 0 heterocycles. The minimum absolute atomic E-state index is 0.00120. The molecule has 0 amide bonds. The van der Waals surface area contributed by atoms with E-state index in [2.05, 4.69) is 15.9 Å². The molecule has 1 rings (SSSR count). The van der Waals surface area contributed by atoms with Gasteiger partial charge in [0.15, 0.2) is 0 Å². The lowest BCUT2D eigenvalue weighted by molar-refractivity contribution is -0.137. The third kappa shape index (κ3) is 3.87. The van der Waals surface area contributed by atoms with Crippen molar-refractivity contribution in [1.29, 1.82) is 0 Å². The third-order valence-corrected chi connectivity index (χ3v) is 2.20. The average Bonchev–Trinajstić information content (AvgIpc) is 2.19. The number of aliphatic carboxylic acids is 2. The molecule has 0 aliphatic rings. The first-order valence-electron chi connectivity index (χ1n) is 4.21. The molecule has 0 saturated heterocycles. The predicted molar refractivity (Wildman–Crippen MR) is 58.1 cm³/mol. The van der Waals surface area contributed by atoms with Crippen molar-refractivity contribution in [1.82, 2.24) is 0 Å². The molecule has 0 aromatic heterocycles. The molecule has 2 N–H and O–H groups in total. The van der Waals surface area contributed by atoms with Gasteiger partial charge in [0.05, 0.1) is 10.5 Å². The first-order chi connectivity index (χ1) is 7.90. The standard InChI is InChI=1S/C10H6BrFO5/c11-6-3-5(12)1-2-7(6)17-8(10(15)16)4-9(13)14/h1-4H,(H,13,14)(H,15,16). The summed E-state index contributed by atoms with van der Waals surface area (Å²) in [5.41, 5.74) is 0. The fraction of sp³-hybridized carbons (Fsp3) is 0. The number of hydrogen-bond acceptors (Lipinski definition) is 3. The van der Waals surface area contributed by atoms with E-state index in [4.69, 9.17) is 14.9 Å². The Morgan fingerprint density at radius 3 is 2.47 bits per heavy atom. The first-order valence-corrected chi connectivity index (χ1v) is 5.00. The van der Waals surface area contributed by atoms with Crippen LogP contribution in [0.4, 0.5) is 4.39 Å². The van der Waals surface area contributed by atoms with E-state index in [0.29, 0.717) is 6.08 Å². The zero-order chi connectivity index (χ0) is 13.0. The molecule has 0 radical (unpaired) electrons. The van der Waals surface area contributed by atoms with Crippen molar-refractivity contribution in [3.05, 3.63) is 40.3 Å². The molecule has 0 unspecified atom stereocenters. The Labute approximate surface area is 103 Å². The third-order valence-electron chi connectivity index (χ3n) is 1.58. The second kappa shape index (κ2) is 5.44. The number of ether oxygens (including phenoxy) is 1. The van der Waals surface area contributed by atoms with Crippen LogP contribution in [-0.4, -0.2) is 22.2 Å². The smallest absolute Gasteiger partial charge is 0.372 e. The maximum Gasteiger partial charge on any atom is 0.372 e. The van der Waals surface area contributed by atoms with Crippen LogP contribution in [0.2, 0.25) is 0 Å². The number of hydrogen-bond donors (Lipinski definition) is 2. The van der Waals surface area contributed by atoms with Gasteiger partial charge >= 0.3 is 11.9 Å². The predicted octanol–water partition coefficient (Wildman–Crippen LogP) is 2.02. The van der Waals surface area contributed by atoms with Crippen LogP contribution >= 0.6 is 15.9 Å². The Morgan fingerprint density at radius 2 is 2.00 bits per heavy atom. The molecule has 17 heavy (non-hydrogen) atoms. The van der Waals surface area contributed by atoms with Crippen LogP contribution in [0, 0.1) is 5.82 Å². The summed E-state index contributed by atoms with van der Waals surface area (Å²) >= 11 is 2.96. The summed E-state index contributed by atoms with van der Waals surface area (Å²) in [7, 11) is 0. The second-order valence-corrected chi connectivity index (χ2v) is 3.68. The molecule has 90 valence electrons. The average molecular weight is 305 g/mol. The number of carboxylic acids is 2. The van der Waals surface area contributed by atoms with Crippen molar-refractivity contribution in [2.24, 2.45) is 0 Å². The van der Waals surface area contributed by atoms with Gasteiger partial charge in [-0.3, -0.25) is 0 Å². The van der Waals surface area contributed by atoms with E-state index in [9.17, 15) is 14.0 Å². The lowest BCUT2D eigenvalue weighted by Gasteiger charge is -2.07. The summed E-state index contributed by atoms with van der Waals surface area (Å²) in [5, 5.41) is 17.1. The highest BCUT2D eigenvalue weighted by atomic mass is 79.9.